The first-order valence-corrected chi connectivity index (χ1v) is 6.55. The molecule has 0 spiro atoms. The van der Waals surface area contributed by atoms with Crippen LogP contribution in [0.3, 0.4) is 0 Å². The number of nitriles is 1. The number of hydrogen-bond acceptors (Lipinski definition) is 4. The Balaban J connectivity index is 4.11. The number of nitrogens with zero attached hydrogens (tertiary/aromatic N) is 2. The van der Waals surface area contributed by atoms with Crippen molar-refractivity contribution in [1.29, 1.82) is 5.26 Å². The van der Waals surface area contributed by atoms with Gasteiger partial charge in [0.15, 0.2) is 0 Å². The minimum atomic E-state index is 0.0257. The zero-order valence-electron chi connectivity index (χ0n) is 11.7. The first-order chi connectivity index (χ1) is 8.67. The topological polar surface area (TPSA) is 65.4 Å². The van der Waals surface area contributed by atoms with E-state index in [2.05, 4.69) is 25.2 Å². The van der Waals surface area contributed by atoms with Crippen molar-refractivity contribution in [2.45, 2.75) is 39.2 Å². The van der Waals surface area contributed by atoms with Gasteiger partial charge in [0.2, 0.25) is 5.91 Å². The molecular formula is C13H25N3O2. The van der Waals surface area contributed by atoms with Crippen LogP contribution in [-0.2, 0) is 9.53 Å². The van der Waals surface area contributed by atoms with Crippen molar-refractivity contribution in [3.8, 4) is 6.07 Å². The van der Waals surface area contributed by atoms with Crippen LogP contribution in [-0.4, -0.2) is 50.2 Å². The van der Waals surface area contributed by atoms with Crippen molar-refractivity contribution in [3.05, 3.63) is 0 Å². The lowest BCUT2D eigenvalue weighted by molar-refractivity contribution is -0.123. The molecule has 104 valence electrons. The molecule has 0 atom stereocenters. The lowest BCUT2D eigenvalue weighted by atomic mass is 10.2. The van der Waals surface area contributed by atoms with E-state index < -0.39 is 0 Å². The molecule has 0 aromatic carbocycles. The molecule has 5 nitrogen and oxygen atoms in total. The van der Waals surface area contributed by atoms with Crippen LogP contribution in [0.1, 0.15) is 33.1 Å². The molecule has 5 heteroatoms. The molecule has 0 fully saturated rings. The highest BCUT2D eigenvalue weighted by Gasteiger charge is 2.13. The average molecular weight is 255 g/mol. The molecule has 0 rings (SSSR count). The van der Waals surface area contributed by atoms with Gasteiger partial charge in [-0.05, 0) is 12.8 Å². The Labute approximate surface area is 110 Å². The fraction of sp³-hybridized carbons (Fsp3) is 0.846. The van der Waals surface area contributed by atoms with Gasteiger partial charge in [0.25, 0.3) is 0 Å². The van der Waals surface area contributed by atoms with Crippen LogP contribution in [0, 0.1) is 11.3 Å². The normalized spacial score (nSPS) is 10.7. The molecule has 0 saturated carbocycles. The van der Waals surface area contributed by atoms with E-state index in [1.165, 1.54) is 0 Å². The van der Waals surface area contributed by atoms with E-state index in [4.69, 9.17) is 10.00 Å². The number of carbonyl (C=O) groups excluding carboxylic acids is 1. The summed E-state index contributed by atoms with van der Waals surface area (Å²) in [5.74, 6) is 0.0257. The Hall–Kier alpha value is -1.12. The third-order valence-electron chi connectivity index (χ3n) is 2.87. The summed E-state index contributed by atoms with van der Waals surface area (Å²) in [6.45, 7) is 6.32. The number of amides is 1. The molecule has 0 aliphatic carbocycles. The van der Waals surface area contributed by atoms with Crippen LogP contribution >= 0.6 is 0 Å². The summed E-state index contributed by atoms with van der Waals surface area (Å²) in [5.41, 5.74) is 0. The van der Waals surface area contributed by atoms with E-state index in [1.807, 2.05) is 4.90 Å². The standard InChI is InChI=1S/C13H25N3O2/c1-4-12(5-2)15-13(17)11-16(8-6-7-14)9-10-18-3/h12H,4-6,8-11H2,1-3H3,(H,15,17). The third kappa shape index (κ3) is 8.04. The molecule has 1 amide bonds. The van der Waals surface area contributed by atoms with Crippen molar-refractivity contribution < 1.29 is 9.53 Å². The van der Waals surface area contributed by atoms with Gasteiger partial charge >= 0.3 is 0 Å². The predicted molar refractivity (Wildman–Crippen MR) is 71.1 cm³/mol. The minimum absolute atomic E-state index is 0.0257. The lowest BCUT2D eigenvalue weighted by Gasteiger charge is -2.22. The molecular weight excluding hydrogens is 230 g/mol. The molecule has 0 saturated heterocycles. The second-order valence-corrected chi connectivity index (χ2v) is 4.26. The van der Waals surface area contributed by atoms with Gasteiger partial charge in [0.05, 0.1) is 19.2 Å². The molecule has 0 heterocycles. The van der Waals surface area contributed by atoms with Crippen molar-refractivity contribution in [2.24, 2.45) is 0 Å². The van der Waals surface area contributed by atoms with E-state index in [-0.39, 0.29) is 11.9 Å². The van der Waals surface area contributed by atoms with Crippen LogP contribution in [0.4, 0.5) is 0 Å². The van der Waals surface area contributed by atoms with Crippen LogP contribution in [0.2, 0.25) is 0 Å². The summed E-state index contributed by atoms with van der Waals surface area (Å²) in [4.78, 5) is 13.8. The summed E-state index contributed by atoms with van der Waals surface area (Å²) in [7, 11) is 1.63. The number of hydrogen-bond donors (Lipinski definition) is 1. The van der Waals surface area contributed by atoms with Crippen molar-refractivity contribution in [2.75, 3.05) is 33.4 Å². The predicted octanol–water partition coefficient (Wildman–Crippen LogP) is 1.15. The largest absolute Gasteiger partial charge is 0.383 e. The quantitative estimate of drug-likeness (QED) is 0.636. The van der Waals surface area contributed by atoms with Crippen LogP contribution in [0.25, 0.3) is 0 Å². The lowest BCUT2D eigenvalue weighted by Crippen LogP contribution is -2.43. The van der Waals surface area contributed by atoms with Crippen molar-refractivity contribution in [3.63, 3.8) is 0 Å². The minimum Gasteiger partial charge on any atom is -0.383 e. The Bertz CT molecular complexity index is 259. The number of methoxy groups -OCH3 is 1. The Morgan fingerprint density at radius 2 is 2.06 bits per heavy atom. The Morgan fingerprint density at radius 1 is 1.39 bits per heavy atom. The van der Waals surface area contributed by atoms with E-state index >= 15 is 0 Å². The van der Waals surface area contributed by atoms with Crippen molar-refractivity contribution >= 4 is 5.91 Å². The van der Waals surface area contributed by atoms with Gasteiger partial charge in [-0.3, -0.25) is 9.69 Å². The van der Waals surface area contributed by atoms with Crippen LogP contribution in [0.5, 0.6) is 0 Å². The monoisotopic (exact) mass is 255 g/mol. The molecule has 0 aliphatic heterocycles. The second-order valence-electron chi connectivity index (χ2n) is 4.26. The SMILES string of the molecule is CCC(CC)NC(=O)CN(CCC#N)CCOC. The summed E-state index contributed by atoms with van der Waals surface area (Å²) in [5, 5.41) is 11.6. The van der Waals surface area contributed by atoms with E-state index in [1.54, 1.807) is 7.11 Å². The highest BCUT2D eigenvalue weighted by Crippen LogP contribution is 1.97. The van der Waals surface area contributed by atoms with E-state index in [0.717, 1.165) is 12.8 Å². The maximum Gasteiger partial charge on any atom is 0.234 e. The number of nitrogens with one attached hydrogen (secondary N) is 1. The fourth-order valence-corrected chi connectivity index (χ4v) is 1.67. The zero-order chi connectivity index (χ0) is 13.8. The van der Waals surface area contributed by atoms with E-state index in [0.29, 0.717) is 32.7 Å². The second kappa shape index (κ2) is 11.0. The van der Waals surface area contributed by atoms with Crippen LogP contribution in [0.15, 0.2) is 0 Å². The summed E-state index contributed by atoms with van der Waals surface area (Å²) in [6, 6.07) is 2.34. The van der Waals surface area contributed by atoms with Gasteiger partial charge in [-0.2, -0.15) is 5.26 Å². The highest BCUT2D eigenvalue weighted by molar-refractivity contribution is 5.78. The van der Waals surface area contributed by atoms with Gasteiger partial charge in [0, 0.05) is 32.7 Å². The molecule has 0 aromatic rings. The maximum absolute atomic E-state index is 11.8. The van der Waals surface area contributed by atoms with Gasteiger partial charge in [-0.1, -0.05) is 13.8 Å². The van der Waals surface area contributed by atoms with E-state index in [9.17, 15) is 4.79 Å². The number of rotatable bonds is 10. The van der Waals surface area contributed by atoms with Gasteiger partial charge < -0.3 is 10.1 Å². The molecule has 18 heavy (non-hydrogen) atoms. The summed E-state index contributed by atoms with van der Waals surface area (Å²) in [6.07, 6.45) is 2.32. The van der Waals surface area contributed by atoms with Crippen LogP contribution < -0.4 is 5.32 Å². The smallest absolute Gasteiger partial charge is 0.234 e. The highest BCUT2D eigenvalue weighted by atomic mass is 16.5. The Kier molecular flexibility index (Phi) is 10.3. The third-order valence-corrected chi connectivity index (χ3v) is 2.87. The number of carbonyl (C=O) groups is 1. The molecule has 0 aromatic heterocycles. The van der Waals surface area contributed by atoms with Gasteiger partial charge in [-0.15, -0.1) is 0 Å². The first kappa shape index (κ1) is 16.9. The summed E-state index contributed by atoms with van der Waals surface area (Å²) < 4.78 is 5.00. The maximum atomic E-state index is 11.8. The molecule has 0 bridgehead atoms. The molecule has 0 radical (unpaired) electrons. The molecule has 0 aliphatic rings. The number of ether oxygens (including phenoxy) is 1. The zero-order valence-corrected chi connectivity index (χ0v) is 11.7. The fourth-order valence-electron chi connectivity index (χ4n) is 1.67. The summed E-state index contributed by atoms with van der Waals surface area (Å²) >= 11 is 0. The average Bonchev–Trinajstić information content (AvgIpc) is 2.39. The first-order valence-electron chi connectivity index (χ1n) is 6.55. The molecule has 1 N–H and O–H groups in total. The Morgan fingerprint density at radius 3 is 2.56 bits per heavy atom. The van der Waals surface area contributed by atoms with Gasteiger partial charge in [0.1, 0.15) is 0 Å². The van der Waals surface area contributed by atoms with Gasteiger partial charge in [-0.25, -0.2) is 0 Å². The molecule has 0 unspecified atom stereocenters. The van der Waals surface area contributed by atoms with Crippen molar-refractivity contribution in [1.82, 2.24) is 10.2 Å².